The Morgan fingerprint density at radius 1 is 1.48 bits per heavy atom. The topological polar surface area (TPSA) is 82.4 Å². The van der Waals surface area contributed by atoms with Gasteiger partial charge in [-0.05, 0) is 27.2 Å². The molecule has 126 valence electrons. The minimum atomic E-state index is -0.575. The second kappa shape index (κ2) is 5.63. The Labute approximate surface area is 135 Å². The van der Waals surface area contributed by atoms with Crippen molar-refractivity contribution < 1.29 is 19.1 Å². The largest absolute Gasteiger partial charge is 0.458 e. The van der Waals surface area contributed by atoms with Gasteiger partial charge in [0, 0.05) is 31.3 Å². The molecule has 2 aliphatic rings. The quantitative estimate of drug-likeness (QED) is 0.840. The zero-order valence-electron chi connectivity index (χ0n) is 14.0. The molecule has 1 aromatic heterocycles. The van der Waals surface area contributed by atoms with Crippen LogP contribution in [0.5, 0.6) is 0 Å². The van der Waals surface area contributed by atoms with Gasteiger partial charge in [0.25, 0.3) is 0 Å². The molecule has 0 radical (unpaired) electrons. The molecule has 7 nitrogen and oxygen atoms in total. The number of rotatable bonds is 3. The third kappa shape index (κ3) is 2.97. The summed E-state index contributed by atoms with van der Waals surface area (Å²) in [5.74, 6) is -0.832. The third-order valence-corrected chi connectivity index (χ3v) is 4.68. The number of aromatic nitrogens is 2. The predicted molar refractivity (Wildman–Crippen MR) is 81.5 cm³/mol. The molecule has 2 saturated heterocycles. The molecule has 7 heteroatoms. The number of hydrogen-bond acceptors (Lipinski definition) is 5. The van der Waals surface area contributed by atoms with Crippen LogP contribution >= 0.6 is 0 Å². The predicted octanol–water partition coefficient (Wildman–Crippen LogP) is 1.02. The van der Waals surface area contributed by atoms with Crippen LogP contribution < -0.4 is 5.32 Å². The summed E-state index contributed by atoms with van der Waals surface area (Å²) in [5.41, 5.74) is 1.39. The number of amides is 1. The average molecular weight is 321 g/mol. The van der Waals surface area contributed by atoms with Gasteiger partial charge >= 0.3 is 5.97 Å². The molecule has 2 aliphatic heterocycles. The van der Waals surface area contributed by atoms with Crippen LogP contribution in [0.25, 0.3) is 0 Å². The number of aryl methyl sites for hydroxylation is 1. The van der Waals surface area contributed by atoms with Gasteiger partial charge in [-0.25, -0.2) is 4.79 Å². The molecule has 23 heavy (non-hydrogen) atoms. The highest BCUT2D eigenvalue weighted by Gasteiger charge is 2.43. The molecule has 1 aromatic rings. The number of ether oxygens (including phenoxy) is 2. The number of hydrogen-bond donors (Lipinski definition) is 1. The Hall–Kier alpha value is -1.89. The number of carbonyl (C=O) groups is 2. The maximum absolute atomic E-state index is 12.6. The van der Waals surface area contributed by atoms with E-state index < -0.39 is 11.6 Å². The van der Waals surface area contributed by atoms with Crippen molar-refractivity contribution in [3.8, 4) is 0 Å². The second-order valence-corrected chi connectivity index (χ2v) is 6.94. The Morgan fingerprint density at radius 3 is 2.78 bits per heavy atom. The lowest BCUT2D eigenvalue weighted by Crippen LogP contribution is -2.42. The smallest absolute Gasteiger partial charge is 0.329 e. The van der Waals surface area contributed by atoms with Crippen molar-refractivity contribution in [1.29, 1.82) is 0 Å². The van der Waals surface area contributed by atoms with E-state index in [1.54, 1.807) is 10.9 Å². The number of carbonyl (C=O) groups excluding carboxylic acids is 2. The number of nitrogens with one attached hydrogen (secondary N) is 1. The van der Waals surface area contributed by atoms with Crippen molar-refractivity contribution in [2.75, 3.05) is 6.61 Å². The third-order valence-electron chi connectivity index (χ3n) is 4.68. The zero-order chi connectivity index (χ0) is 16.8. The first-order valence-electron chi connectivity index (χ1n) is 7.92. The van der Waals surface area contributed by atoms with E-state index in [0.29, 0.717) is 19.4 Å². The molecule has 1 N–H and O–H groups in total. The van der Waals surface area contributed by atoms with Gasteiger partial charge in [0.2, 0.25) is 5.91 Å². The minimum Gasteiger partial charge on any atom is -0.458 e. The summed E-state index contributed by atoms with van der Waals surface area (Å²) in [7, 11) is 1.86. The Morgan fingerprint density at radius 2 is 2.22 bits per heavy atom. The van der Waals surface area contributed by atoms with Gasteiger partial charge in [-0.15, -0.1) is 0 Å². The highest BCUT2D eigenvalue weighted by Crippen LogP contribution is 2.36. The van der Waals surface area contributed by atoms with E-state index in [0.717, 1.165) is 11.3 Å². The van der Waals surface area contributed by atoms with Gasteiger partial charge in [0.1, 0.15) is 11.6 Å². The lowest BCUT2D eigenvalue weighted by molar-refractivity contribution is -0.148. The van der Waals surface area contributed by atoms with Crippen molar-refractivity contribution in [3.63, 3.8) is 0 Å². The van der Waals surface area contributed by atoms with Gasteiger partial charge < -0.3 is 14.8 Å². The van der Waals surface area contributed by atoms with E-state index in [1.165, 1.54) is 0 Å². The molecule has 3 heterocycles. The maximum atomic E-state index is 12.6. The average Bonchev–Trinajstić information content (AvgIpc) is 3.11. The number of nitrogens with zero attached hydrogens (tertiary/aromatic N) is 2. The van der Waals surface area contributed by atoms with E-state index in [1.807, 2.05) is 27.8 Å². The van der Waals surface area contributed by atoms with Crippen molar-refractivity contribution in [3.05, 3.63) is 17.5 Å². The van der Waals surface area contributed by atoms with Crippen LogP contribution in [-0.2, 0) is 26.1 Å². The standard InChI is InChI=1S/C16H23N3O4/c1-9-11(8-17-19(9)4)13-10(5-6-22-13)14(20)18-12-7-16(2,3)23-15(12)21/h8,10,12-13H,5-7H2,1-4H3,(H,18,20)/t10-,12+,13-/m0/s1. The van der Waals surface area contributed by atoms with E-state index in [-0.39, 0.29) is 23.9 Å². The van der Waals surface area contributed by atoms with Crippen LogP contribution in [0.15, 0.2) is 6.20 Å². The summed E-state index contributed by atoms with van der Waals surface area (Å²) in [6, 6.07) is -0.575. The van der Waals surface area contributed by atoms with Crippen molar-refractivity contribution >= 4 is 11.9 Å². The lowest BCUT2D eigenvalue weighted by Gasteiger charge is -2.19. The lowest BCUT2D eigenvalue weighted by atomic mass is 9.94. The summed E-state index contributed by atoms with van der Waals surface area (Å²) in [5, 5.41) is 7.05. The van der Waals surface area contributed by atoms with Crippen LogP contribution in [0.1, 0.15) is 44.1 Å². The minimum absolute atomic E-state index is 0.157. The summed E-state index contributed by atoms with van der Waals surface area (Å²) >= 11 is 0. The first kappa shape index (κ1) is 16.0. The van der Waals surface area contributed by atoms with Gasteiger partial charge in [-0.1, -0.05) is 0 Å². The van der Waals surface area contributed by atoms with Crippen LogP contribution in [0.2, 0.25) is 0 Å². The van der Waals surface area contributed by atoms with E-state index in [2.05, 4.69) is 10.4 Å². The van der Waals surface area contributed by atoms with Crippen LogP contribution in [0.3, 0.4) is 0 Å². The summed E-state index contributed by atoms with van der Waals surface area (Å²) < 4.78 is 12.8. The molecular formula is C16H23N3O4. The number of cyclic esters (lactones) is 1. The van der Waals surface area contributed by atoms with Crippen LogP contribution in [-0.4, -0.2) is 39.9 Å². The van der Waals surface area contributed by atoms with Gasteiger partial charge in [-0.3, -0.25) is 9.48 Å². The highest BCUT2D eigenvalue weighted by atomic mass is 16.6. The molecule has 3 rings (SSSR count). The maximum Gasteiger partial charge on any atom is 0.329 e. The first-order chi connectivity index (χ1) is 10.8. The van der Waals surface area contributed by atoms with Gasteiger partial charge in [-0.2, -0.15) is 5.10 Å². The van der Waals surface area contributed by atoms with E-state index in [4.69, 9.17) is 9.47 Å². The first-order valence-corrected chi connectivity index (χ1v) is 7.92. The fourth-order valence-electron chi connectivity index (χ4n) is 3.31. The van der Waals surface area contributed by atoms with Crippen molar-refractivity contribution in [2.45, 2.75) is 51.4 Å². The fraction of sp³-hybridized carbons (Fsp3) is 0.688. The van der Waals surface area contributed by atoms with E-state index in [9.17, 15) is 9.59 Å². The SMILES string of the molecule is Cc1c([C@H]2OCC[C@@H]2C(=O)N[C@@H]2CC(C)(C)OC2=O)cnn1C. The van der Waals surface area contributed by atoms with Crippen molar-refractivity contribution in [1.82, 2.24) is 15.1 Å². The molecule has 0 unspecified atom stereocenters. The summed E-state index contributed by atoms with van der Waals surface area (Å²) in [6.45, 7) is 6.17. The van der Waals surface area contributed by atoms with Crippen molar-refractivity contribution in [2.24, 2.45) is 13.0 Å². The molecule has 0 spiro atoms. The second-order valence-electron chi connectivity index (χ2n) is 6.94. The van der Waals surface area contributed by atoms with Gasteiger partial charge in [0.05, 0.1) is 18.2 Å². The summed E-state index contributed by atoms with van der Waals surface area (Å²) in [6.07, 6.45) is 2.56. The molecule has 0 bridgehead atoms. The molecule has 1 amide bonds. The van der Waals surface area contributed by atoms with Gasteiger partial charge in [0.15, 0.2) is 0 Å². The molecule has 0 aromatic carbocycles. The Bertz CT molecular complexity index is 637. The Kier molecular flexibility index (Phi) is 3.91. The molecule has 0 saturated carbocycles. The monoisotopic (exact) mass is 321 g/mol. The highest BCUT2D eigenvalue weighted by molar-refractivity contribution is 5.87. The normalized spacial score (nSPS) is 29.6. The zero-order valence-corrected chi connectivity index (χ0v) is 14.0. The van der Waals surface area contributed by atoms with E-state index >= 15 is 0 Å². The molecule has 3 atom stereocenters. The van der Waals surface area contributed by atoms with Crippen LogP contribution in [0.4, 0.5) is 0 Å². The molecular weight excluding hydrogens is 298 g/mol. The Balaban J connectivity index is 1.72. The fourth-order valence-corrected chi connectivity index (χ4v) is 3.31. The van der Waals surface area contributed by atoms with Crippen LogP contribution in [0, 0.1) is 12.8 Å². The molecule has 0 aliphatic carbocycles. The summed E-state index contributed by atoms with van der Waals surface area (Å²) in [4.78, 5) is 24.5. The molecule has 2 fully saturated rings. The number of esters is 1.